The number of benzene rings is 2. The zero-order valence-corrected chi connectivity index (χ0v) is 19.9. The number of aliphatic hydroxyl groups excluding tert-OH is 1. The Balaban J connectivity index is 1.89. The Kier molecular flexibility index (Phi) is 7.37. The van der Waals surface area contributed by atoms with Crippen molar-refractivity contribution in [3.63, 3.8) is 0 Å². The first kappa shape index (κ1) is 26.4. The van der Waals surface area contributed by atoms with Crippen LogP contribution in [0.2, 0.25) is 5.02 Å². The first-order chi connectivity index (χ1) is 17.5. The molecular weight excluding hydrogens is 515 g/mol. The maximum absolute atomic E-state index is 13.7. The van der Waals surface area contributed by atoms with E-state index in [9.17, 15) is 32.7 Å². The highest BCUT2D eigenvalue weighted by Gasteiger charge is 2.37. The van der Waals surface area contributed by atoms with E-state index in [-0.39, 0.29) is 30.7 Å². The smallest absolute Gasteiger partial charge is 0.417 e. The number of hydrogen-bond acceptors (Lipinski definition) is 5. The summed E-state index contributed by atoms with van der Waals surface area (Å²) in [7, 11) is 0. The minimum absolute atomic E-state index is 0.0213. The number of nitrogens with zero attached hydrogens (tertiary/aromatic N) is 2. The number of nitrogens with one attached hydrogen (secondary N) is 1. The second kappa shape index (κ2) is 10.3. The molecular formula is C25H21ClF3N3O5. The third-order valence-corrected chi connectivity index (χ3v) is 6.45. The number of hydrogen-bond donors (Lipinski definition) is 3. The van der Waals surface area contributed by atoms with E-state index < -0.39 is 46.0 Å². The molecule has 37 heavy (non-hydrogen) atoms. The third-order valence-electron chi connectivity index (χ3n) is 6.13. The average Bonchev–Trinajstić information content (AvgIpc) is 3.25. The molecule has 1 aromatic heterocycles. The van der Waals surface area contributed by atoms with Gasteiger partial charge in [-0.15, -0.1) is 0 Å². The van der Waals surface area contributed by atoms with Crippen LogP contribution in [-0.2, 0) is 11.0 Å². The molecule has 2 aromatic carbocycles. The molecule has 1 unspecified atom stereocenters. The van der Waals surface area contributed by atoms with Gasteiger partial charge in [-0.25, -0.2) is 0 Å². The number of halogens is 4. The quantitative estimate of drug-likeness (QED) is 0.430. The number of carbonyl (C=O) groups excluding carboxylic acids is 2. The number of allylic oxidation sites excluding steroid dienone is 2. The van der Waals surface area contributed by atoms with E-state index in [0.717, 1.165) is 16.8 Å². The van der Waals surface area contributed by atoms with Crippen molar-refractivity contribution in [1.82, 2.24) is 15.1 Å². The number of fused-ring (bicyclic) bond motifs is 1. The van der Waals surface area contributed by atoms with Gasteiger partial charge in [-0.1, -0.05) is 23.7 Å². The molecule has 1 aliphatic carbocycles. The zero-order chi connectivity index (χ0) is 26.9. The fourth-order valence-corrected chi connectivity index (χ4v) is 4.53. The van der Waals surface area contributed by atoms with Crippen LogP contribution in [0.5, 0.6) is 0 Å². The summed E-state index contributed by atoms with van der Waals surface area (Å²) < 4.78 is 42.0. The molecule has 1 aliphatic rings. The number of aromatic nitrogens is 2. The van der Waals surface area contributed by atoms with Crippen LogP contribution in [0.25, 0.3) is 16.5 Å². The van der Waals surface area contributed by atoms with E-state index in [1.54, 1.807) is 6.08 Å². The first-order valence-electron chi connectivity index (χ1n) is 11.3. The molecule has 0 bridgehead atoms. The van der Waals surface area contributed by atoms with Crippen LogP contribution in [0.3, 0.4) is 0 Å². The number of alkyl halides is 3. The maximum Gasteiger partial charge on any atom is 0.417 e. The minimum Gasteiger partial charge on any atom is -0.481 e. The summed E-state index contributed by atoms with van der Waals surface area (Å²) in [5, 5.41) is 25.1. The molecule has 1 atom stereocenters. The number of amides is 1. The van der Waals surface area contributed by atoms with Gasteiger partial charge in [-0.2, -0.15) is 23.0 Å². The van der Waals surface area contributed by atoms with Crippen molar-refractivity contribution >= 4 is 45.9 Å². The highest BCUT2D eigenvalue weighted by molar-refractivity contribution is 6.34. The van der Waals surface area contributed by atoms with E-state index in [1.165, 1.54) is 24.3 Å². The molecule has 3 aromatic rings. The van der Waals surface area contributed by atoms with E-state index in [1.807, 2.05) is 0 Å². The van der Waals surface area contributed by atoms with Crippen LogP contribution >= 0.6 is 11.6 Å². The molecule has 12 heteroatoms. The first-order valence-corrected chi connectivity index (χ1v) is 11.6. The minimum atomic E-state index is -4.87. The van der Waals surface area contributed by atoms with Crippen molar-refractivity contribution < 1.29 is 37.8 Å². The van der Waals surface area contributed by atoms with E-state index in [0.29, 0.717) is 29.5 Å². The summed E-state index contributed by atoms with van der Waals surface area (Å²) in [6.07, 6.45) is -2.28. The summed E-state index contributed by atoms with van der Waals surface area (Å²) >= 11 is 6.05. The van der Waals surface area contributed by atoms with Gasteiger partial charge in [-0.05, 0) is 55.2 Å². The predicted octanol–water partition coefficient (Wildman–Crippen LogP) is 4.39. The Bertz CT molecular complexity index is 1430. The number of carboxylic acids is 1. The van der Waals surface area contributed by atoms with Crippen LogP contribution in [-0.4, -0.2) is 50.9 Å². The fraction of sp³-hybridized carbons (Fsp3) is 0.280. The normalized spacial score (nSPS) is 15.9. The predicted molar refractivity (Wildman–Crippen MR) is 128 cm³/mol. The van der Waals surface area contributed by atoms with Crippen molar-refractivity contribution in [1.29, 1.82) is 0 Å². The van der Waals surface area contributed by atoms with Crippen LogP contribution < -0.4 is 5.32 Å². The zero-order valence-electron chi connectivity index (χ0n) is 19.2. The van der Waals surface area contributed by atoms with Crippen LogP contribution in [0.15, 0.2) is 42.5 Å². The molecule has 0 fully saturated rings. The Morgan fingerprint density at radius 2 is 1.95 bits per heavy atom. The van der Waals surface area contributed by atoms with Crippen LogP contribution in [0.4, 0.5) is 13.2 Å². The van der Waals surface area contributed by atoms with Gasteiger partial charge in [-0.3, -0.25) is 14.4 Å². The van der Waals surface area contributed by atoms with Crippen molar-refractivity contribution in [2.45, 2.75) is 25.4 Å². The number of rotatable bonds is 6. The lowest BCUT2D eigenvalue weighted by Crippen LogP contribution is -2.26. The van der Waals surface area contributed by atoms with Gasteiger partial charge in [0.05, 0.1) is 39.9 Å². The Labute approximate surface area is 213 Å². The topological polar surface area (TPSA) is 122 Å². The summed E-state index contributed by atoms with van der Waals surface area (Å²) in [4.78, 5) is 37.3. The van der Waals surface area contributed by atoms with Crippen molar-refractivity contribution in [2.75, 3.05) is 13.2 Å². The number of aliphatic carboxylic acids is 1. The molecule has 0 saturated carbocycles. The standard InChI is InChI=1S/C25H21ClF3N3O5/c26-18-3-1-2-17(25(27,28)29)20(18)23(35)32-19-12-15(22(34)30-10-11-33)8-9-16(19)21(31-32)13-4-6-14(7-5-13)24(36)37/h1-4,8-9,12,14,33H,5-7,10-11H2,(H,30,34)(H,36,37). The molecule has 1 heterocycles. The highest BCUT2D eigenvalue weighted by atomic mass is 35.5. The molecule has 194 valence electrons. The summed E-state index contributed by atoms with van der Waals surface area (Å²) in [6, 6.07) is 7.31. The van der Waals surface area contributed by atoms with Gasteiger partial charge in [0.25, 0.3) is 11.8 Å². The second-order valence-electron chi connectivity index (χ2n) is 8.48. The monoisotopic (exact) mass is 535 g/mol. The van der Waals surface area contributed by atoms with Crippen molar-refractivity contribution in [2.24, 2.45) is 5.92 Å². The number of aliphatic hydroxyl groups is 1. The molecule has 0 saturated heterocycles. The summed E-state index contributed by atoms with van der Waals surface area (Å²) in [5.41, 5.74) is -0.900. The van der Waals surface area contributed by atoms with E-state index in [4.69, 9.17) is 16.7 Å². The average molecular weight is 536 g/mol. The lowest BCUT2D eigenvalue weighted by molar-refractivity contribution is -0.142. The highest BCUT2D eigenvalue weighted by Crippen LogP contribution is 2.37. The molecule has 0 radical (unpaired) electrons. The van der Waals surface area contributed by atoms with Crippen molar-refractivity contribution in [3.8, 4) is 0 Å². The lowest BCUT2D eigenvalue weighted by Gasteiger charge is -2.17. The van der Waals surface area contributed by atoms with Gasteiger partial charge >= 0.3 is 12.1 Å². The Morgan fingerprint density at radius 1 is 1.19 bits per heavy atom. The van der Waals surface area contributed by atoms with Gasteiger partial charge in [0, 0.05) is 17.5 Å². The van der Waals surface area contributed by atoms with Gasteiger partial charge in [0.15, 0.2) is 0 Å². The fourth-order valence-electron chi connectivity index (χ4n) is 4.28. The van der Waals surface area contributed by atoms with Crippen molar-refractivity contribution in [3.05, 3.63) is 69.9 Å². The molecule has 3 N–H and O–H groups in total. The Morgan fingerprint density at radius 3 is 2.57 bits per heavy atom. The van der Waals surface area contributed by atoms with Gasteiger partial charge < -0.3 is 15.5 Å². The van der Waals surface area contributed by atoms with Gasteiger partial charge in [0.1, 0.15) is 0 Å². The third kappa shape index (κ3) is 5.23. The van der Waals surface area contributed by atoms with Crippen LogP contribution in [0.1, 0.15) is 51.2 Å². The SMILES string of the molecule is O=C(NCCO)c1ccc2c(C3=CCC(C(=O)O)CC3)nn(C(=O)c3c(Cl)cccc3C(F)(F)F)c2c1. The molecule has 0 aliphatic heterocycles. The van der Waals surface area contributed by atoms with E-state index >= 15 is 0 Å². The summed E-state index contributed by atoms with van der Waals surface area (Å²) in [5.74, 6) is -3.20. The molecule has 8 nitrogen and oxygen atoms in total. The maximum atomic E-state index is 13.7. The largest absolute Gasteiger partial charge is 0.481 e. The van der Waals surface area contributed by atoms with Crippen LogP contribution in [0, 0.1) is 5.92 Å². The summed E-state index contributed by atoms with van der Waals surface area (Å²) in [6.45, 7) is -0.320. The molecule has 4 rings (SSSR count). The van der Waals surface area contributed by atoms with E-state index in [2.05, 4.69) is 10.4 Å². The number of carboxylic acid groups (broad SMARTS) is 1. The number of carbonyl (C=O) groups is 3. The molecule has 0 spiro atoms. The second-order valence-corrected chi connectivity index (χ2v) is 8.88. The Hall–Kier alpha value is -3.70. The lowest BCUT2D eigenvalue weighted by atomic mass is 9.87. The molecule has 1 amide bonds. The van der Waals surface area contributed by atoms with Gasteiger partial charge in [0.2, 0.25) is 0 Å².